The maximum Gasteiger partial charge on any atom is 0.135 e. The quantitative estimate of drug-likeness (QED) is 0.787. The standard InChI is InChI=1S/C16H15N3O/c20-16(13-19-9-1-2-10-19,14-5-3-7-17-11-14)15-6-4-8-18-12-15/h1-12,20H,13H2. The highest BCUT2D eigenvalue weighted by Gasteiger charge is 2.32. The smallest absolute Gasteiger partial charge is 0.135 e. The van der Waals surface area contributed by atoms with Crippen molar-refractivity contribution in [1.29, 1.82) is 0 Å². The zero-order valence-electron chi connectivity index (χ0n) is 10.9. The molecule has 0 aliphatic heterocycles. The largest absolute Gasteiger partial charge is 0.378 e. The van der Waals surface area contributed by atoms with Crippen molar-refractivity contribution in [3.63, 3.8) is 0 Å². The van der Waals surface area contributed by atoms with Crippen LogP contribution in [0.2, 0.25) is 0 Å². The fourth-order valence-corrected chi connectivity index (χ4v) is 2.30. The third kappa shape index (κ3) is 2.33. The summed E-state index contributed by atoms with van der Waals surface area (Å²) in [6.07, 6.45) is 10.6. The molecule has 3 rings (SSSR count). The van der Waals surface area contributed by atoms with Crippen LogP contribution in [0.25, 0.3) is 0 Å². The van der Waals surface area contributed by atoms with E-state index >= 15 is 0 Å². The molecule has 3 heterocycles. The Bertz CT molecular complexity index is 611. The van der Waals surface area contributed by atoms with Gasteiger partial charge in [-0.25, -0.2) is 0 Å². The predicted molar refractivity (Wildman–Crippen MR) is 75.9 cm³/mol. The van der Waals surface area contributed by atoms with Crippen LogP contribution in [0.15, 0.2) is 73.6 Å². The average Bonchev–Trinajstić information content (AvgIpc) is 3.02. The summed E-state index contributed by atoms with van der Waals surface area (Å²) in [7, 11) is 0. The van der Waals surface area contributed by atoms with Gasteiger partial charge in [0.05, 0.1) is 6.54 Å². The molecule has 20 heavy (non-hydrogen) atoms. The molecule has 0 amide bonds. The molecule has 3 aromatic heterocycles. The van der Waals surface area contributed by atoms with Crippen LogP contribution in [0.3, 0.4) is 0 Å². The second kappa shape index (κ2) is 5.27. The molecule has 4 heteroatoms. The van der Waals surface area contributed by atoms with Crippen LogP contribution in [0.5, 0.6) is 0 Å². The van der Waals surface area contributed by atoms with E-state index in [4.69, 9.17) is 0 Å². The first-order valence-electron chi connectivity index (χ1n) is 6.43. The summed E-state index contributed by atoms with van der Waals surface area (Å²) in [5.41, 5.74) is 0.352. The molecule has 0 radical (unpaired) electrons. The molecular weight excluding hydrogens is 250 g/mol. The van der Waals surface area contributed by atoms with Gasteiger partial charge in [-0.2, -0.15) is 0 Å². The summed E-state index contributed by atoms with van der Waals surface area (Å²) < 4.78 is 1.94. The van der Waals surface area contributed by atoms with Gasteiger partial charge in [0, 0.05) is 48.3 Å². The highest BCUT2D eigenvalue weighted by molar-refractivity contribution is 5.32. The zero-order chi connectivity index (χ0) is 13.8. The number of nitrogens with zero attached hydrogens (tertiary/aromatic N) is 3. The summed E-state index contributed by atoms with van der Waals surface area (Å²) in [6, 6.07) is 11.3. The Morgan fingerprint density at radius 1 is 0.900 bits per heavy atom. The van der Waals surface area contributed by atoms with Gasteiger partial charge in [-0.1, -0.05) is 12.1 Å². The Labute approximate surface area is 117 Å². The average molecular weight is 265 g/mol. The van der Waals surface area contributed by atoms with Crippen molar-refractivity contribution >= 4 is 0 Å². The van der Waals surface area contributed by atoms with Gasteiger partial charge >= 0.3 is 0 Å². The number of hydrogen-bond acceptors (Lipinski definition) is 3. The highest BCUT2D eigenvalue weighted by Crippen LogP contribution is 2.30. The second-order valence-corrected chi connectivity index (χ2v) is 4.70. The molecule has 0 aromatic carbocycles. The van der Waals surface area contributed by atoms with E-state index in [1.165, 1.54) is 0 Å². The lowest BCUT2D eigenvalue weighted by Gasteiger charge is -2.29. The van der Waals surface area contributed by atoms with Crippen LogP contribution in [0.4, 0.5) is 0 Å². The maximum atomic E-state index is 11.2. The van der Waals surface area contributed by atoms with Crippen LogP contribution in [0.1, 0.15) is 11.1 Å². The molecule has 1 N–H and O–H groups in total. The lowest BCUT2D eigenvalue weighted by atomic mass is 9.88. The van der Waals surface area contributed by atoms with Crippen LogP contribution in [0, 0.1) is 0 Å². The molecule has 0 atom stereocenters. The van der Waals surface area contributed by atoms with Gasteiger partial charge in [-0.3, -0.25) is 9.97 Å². The van der Waals surface area contributed by atoms with Crippen molar-refractivity contribution in [2.75, 3.05) is 0 Å². The first kappa shape index (κ1) is 12.6. The third-order valence-electron chi connectivity index (χ3n) is 3.36. The van der Waals surface area contributed by atoms with E-state index in [1.807, 2.05) is 53.4 Å². The Morgan fingerprint density at radius 2 is 1.45 bits per heavy atom. The molecule has 0 spiro atoms. The number of rotatable bonds is 4. The molecular formula is C16H15N3O. The summed E-state index contributed by atoms with van der Waals surface area (Å²) >= 11 is 0. The van der Waals surface area contributed by atoms with E-state index in [-0.39, 0.29) is 0 Å². The van der Waals surface area contributed by atoms with Gasteiger partial charge < -0.3 is 9.67 Å². The van der Waals surface area contributed by atoms with Crippen molar-refractivity contribution in [3.8, 4) is 0 Å². The summed E-state index contributed by atoms with van der Waals surface area (Å²) in [4.78, 5) is 8.23. The molecule has 0 aliphatic carbocycles. The minimum absolute atomic E-state index is 0.414. The molecule has 0 saturated carbocycles. The summed E-state index contributed by atoms with van der Waals surface area (Å²) in [6.45, 7) is 0.414. The number of aromatic nitrogens is 3. The second-order valence-electron chi connectivity index (χ2n) is 4.70. The number of pyridine rings is 2. The lowest BCUT2D eigenvalue weighted by Crippen LogP contribution is -2.32. The summed E-state index contributed by atoms with van der Waals surface area (Å²) in [5.74, 6) is 0. The van der Waals surface area contributed by atoms with Gasteiger partial charge in [0.1, 0.15) is 5.60 Å². The van der Waals surface area contributed by atoms with Gasteiger partial charge in [0.15, 0.2) is 0 Å². The van der Waals surface area contributed by atoms with Gasteiger partial charge in [0.25, 0.3) is 0 Å². The molecule has 0 bridgehead atoms. The Balaban J connectivity index is 2.08. The van der Waals surface area contributed by atoms with Crippen molar-refractivity contribution in [1.82, 2.24) is 14.5 Å². The molecule has 0 saturated heterocycles. The van der Waals surface area contributed by atoms with Crippen molar-refractivity contribution < 1.29 is 5.11 Å². The number of hydrogen-bond donors (Lipinski definition) is 1. The SMILES string of the molecule is OC(Cn1cccc1)(c1cccnc1)c1cccnc1. The van der Waals surface area contributed by atoms with Crippen LogP contribution in [-0.2, 0) is 12.1 Å². The molecule has 100 valence electrons. The van der Waals surface area contributed by atoms with Crippen LogP contribution >= 0.6 is 0 Å². The lowest BCUT2D eigenvalue weighted by molar-refractivity contribution is 0.0606. The van der Waals surface area contributed by atoms with Gasteiger partial charge in [-0.15, -0.1) is 0 Å². The van der Waals surface area contributed by atoms with E-state index < -0.39 is 5.60 Å². The zero-order valence-corrected chi connectivity index (χ0v) is 10.9. The van der Waals surface area contributed by atoms with Crippen LogP contribution < -0.4 is 0 Å². The Hall–Kier alpha value is -2.46. The fraction of sp³-hybridized carbons (Fsp3) is 0.125. The van der Waals surface area contributed by atoms with Gasteiger partial charge in [0.2, 0.25) is 0 Å². The topological polar surface area (TPSA) is 50.9 Å². The monoisotopic (exact) mass is 265 g/mol. The third-order valence-corrected chi connectivity index (χ3v) is 3.36. The van der Waals surface area contributed by atoms with Crippen LogP contribution in [-0.4, -0.2) is 19.6 Å². The fourth-order valence-electron chi connectivity index (χ4n) is 2.30. The molecule has 0 aliphatic rings. The minimum atomic E-state index is -1.15. The normalized spacial score (nSPS) is 11.4. The van der Waals surface area contributed by atoms with E-state index in [9.17, 15) is 5.11 Å². The minimum Gasteiger partial charge on any atom is -0.378 e. The van der Waals surface area contributed by atoms with Crippen molar-refractivity contribution in [2.24, 2.45) is 0 Å². The first-order valence-corrected chi connectivity index (χ1v) is 6.43. The number of aliphatic hydroxyl groups is 1. The van der Waals surface area contributed by atoms with Gasteiger partial charge in [-0.05, 0) is 24.3 Å². The van der Waals surface area contributed by atoms with E-state index in [1.54, 1.807) is 24.8 Å². The first-order chi connectivity index (χ1) is 9.79. The van der Waals surface area contributed by atoms with Crippen molar-refractivity contribution in [3.05, 3.63) is 84.7 Å². The Kier molecular flexibility index (Phi) is 3.31. The van der Waals surface area contributed by atoms with E-state index in [2.05, 4.69) is 9.97 Å². The molecule has 4 nitrogen and oxygen atoms in total. The van der Waals surface area contributed by atoms with Crippen molar-refractivity contribution in [2.45, 2.75) is 12.1 Å². The molecule has 0 fully saturated rings. The predicted octanol–water partition coefficient (Wildman–Crippen LogP) is 2.21. The Morgan fingerprint density at radius 3 is 1.90 bits per heavy atom. The van der Waals surface area contributed by atoms with E-state index in [0.29, 0.717) is 6.54 Å². The highest BCUT2D eigenvalue weighted by atomic mass is 16.3. The summed E-state index contributed by atoms with van der Waals surface area (Å²) in [5, 5.41) is 11.2. The maximum absolute atomic E-state index is 11.2. The van der Waals surface area contributed by atoms with E-state index in [0.717, 1.165) is 11.1 Å². The molecule has 0 unspecified atom stereocenters. The molecule has 3 aromatic rings.